The first-order valence-electron chi connectivity index (χ1n) is 6.90. The van der Waals surface area contributed by atoms with Crippen LogP contribution in [0.2, 0.25) is 0 Å². The highest BCUT2D eigenvalue weighted by Gasteiger charge is 2.30. The third-order valence-corrected chi connectivity index (χ3v) is 3.59. The minimum absolute atomic E-state index is 0.000417. The molecule has 0 aromatic heterocycles. The molecule has 0 saturated heterocycles. The van der Waals surface area contributed by atoms with E-state index in [1.54, 1.807) is 6.07 Å². The predicted octanol–water partition coefficient (Wildman–Crippen LogP) is 3.70. The lowest BCUT2D eigenvalue weighted by Gasteiger charge is -2.22. The predicted molar refractivity (Wildman–Crippen MR) is 70.2 cm³/mol. The van der Waals surface area contributed by atoms with Gasteiger partial charge in [0.1, 0.15) is 0 Å². The fraction of sp³-hybridized carbons (Fsp3) is 0.533. The van der Waals surface area contributed by atoms with Crippen molar-refractivity contribution in [3.8, 4) is 0 Å². The number of amides is 1. The van der Waals surface area contributed by atoms with Crippen LogP contribution < -0.4 is 5.32 Å². The maximum atomic E-state index is 12.6. The van der Waals surface area contributed by atoms with Crippen LogP contribution >= 0.6 is 0 Å². The molecule has 2 nitrogen and oxygen atoms in total. The van der Waals surface area contributed by atoms with Gasteiger partial charge in [-0.05, 0) is 24.5 Å². The Morgan fingerprint density at radius 1 is 1.20 bits per heavy atom. The van der Waals surface area contributed by atoms with Crippen molar-refractivity contribution >= 4 is 5.91 Å². The summed E-state index contributed by atoms with van der Waals surface area (Å²) in [6.07, 6.45) is 0.974. The van der Waals surface area contributed by atoms with Crippen LogP contribution in [0, 0.1) is 0 Å². The van der Waals surface area contributed by atoms with E-state index in [-0.39, 0.29) is 18.4 Å². The monoisotopic (exact) mass is 285 g/mol. The number of carbonyl (C=O) groups is 1. The van der Waals surface area contributed by atoms with E-state index in [2.05, 4.69) is 5.32 Å². The molecule has 1 aliphatic rings. The summed E-state index contributed by atoms with van der Waals surface area (Å²) in [6.45, 7) is 0. The molecule has 110 valence electrons. The highest BCUT2D eigenvalue weighted by molar-refractivity contribution is 5.78. The third-order valence-electron chi connectivity index (χ3n) is 3.59. The summed E-state index contributed by atoms with van der Waals surface area (Å²) in [6, 6.07) is 5.13. The van der Waals surface area contributed by atoms with Gasteiger partial charge in [0.15, 0.2) is 0 Å². The van der Waals surface area contributed by atoms with Crippen molar-refractivity contribution < 1.29 is 18.0 Å². The van der Waals surface area contributed by atoms with Crippen LogP contribution in [0.4, 0.5) is 13.2 Å². The third kappa shape index (κ3) is 4.25. The summed E-state index contributed by atoms with van der Waals surface area (Å²) in [5.74, 6) is -0.198. The summed E-state index contributed by atoms with van der Waals surface area (Å²) in [7, 11) is 0. The summed E-state index contributed by atoms with van der Waals surface area (Å²) < 4.78 is 37.7. The number of halogens is 3. The lowest BCUT2D eigenvalue weighted by molar-refractivity contribution is -0.137. The summed E-state index contributed by atoms with van der Waals surface area (Å²) in [4.78, 5) is 11.8. The molecule has 20 heavy (non-hydrogen) atoms. The van der Waals surface area contributed by atoms with E-state index in [1.165, 1.54) is 12.5 Å². The van der Waals surface area contributed by atoms with Gasteiger partial charge in [-0.25, -0.2) is 0 Å². The molecule has 0 radical (unpaired) electrons. The summed E-state index contributed by atoms with van der Waals surface area (Å²) >= 11 is 0. The van der Waals surface area contributed by atoms with Gasteiger partial charge in [0.25, 0.3) is 0 Å². The Morgan fingerprint density at radius 2 is 1.90 bits per heavy atom. The van der Waals surface area contributed by atoms with Crippen LogP contribution in [0.5, 0.6) is 0 Å². The fourth-order valence-electron chi connectivity index (χ4n) is 2.57. The zero-order valence-electron chi connectivity index (χ0n) is 11.2. The smallest absolute Gasteiger partial charge is 0.353 e. The number of hydrogen-bond acceptors (Lipinski definition) is 1. The van der Waals surface area contributed by atoms with E-state index in [0.717, 1.165) is 37.8 Å². The topological polar surface area (TPSA) is 29.1 Å². The first-order chi connectivity index (χ1) is 9.45. The first kappa shape index (κ1) is 14.9. The standard InChI is InChI=1S/C15H18F3NO/c16-15(17,18)12-6-4-5-11(9-12)10-14(20)19-13-7-2-1-3-8-13/h4-6,9,13H,1-3,7-8,10H2,(H,19,20). The number of rotatable bonds is 3. The van der Waals surface area contributed by atoms with Crippen molar-refractivity contribution in [3.63, 3.8) is 0 Å². The molecule has 0 spiro atoms. The maximum Gasteiger partial charge on any atom is 0.416 e. The van der Waals surface area contributed by atoms with E-state index >= 15 is 0 Å². The van der Waals surface area contributed by atoms with Crippen molar-refractivity contribution in [1.29, 1.82) is 0 Å². The lowest BCUT2D eigenvalue weighted by atomic mass is 9.95. The second-order valence-corrected chi connectivity index (χ2v) is 5.28. The summed E-state index contributed by atoms with van der Waals surface area (Å²) in [5.41, 5.74) is -0.311. The Morgan fingerprint density at radius 3 is 2.55 bits per heavy atom. The number of carbonyl (C=O) groups excluding carboxylic acids is 1. The van der Waals surface area contributed by atoms with E-state index in [9.17, 15) is 18.0 Å². The second kappa shape index (κ2) is 6.29. The molecule has 1 aromatic rings. The van der Waals surface area contributed by atoms with Gasteiger partial charge in [-0.15, -0.1) is 0 Å². The van der Waals surface area contributed by atoms with Gasteiger partial charge in [-0.2, -0.15) is 13.2 Å². The minimum Gasteiger partial charge on any atom is -0.353 e. The molecule has 1 aromatic carbocycles. The van der Waals surface area contributed by atoms with Crippen LogP contribution in [0.15, 0.2) is 24.3 Å². The van der Waals surface area contributed by atoms with Gasteiger partial charge in [0.2, 0.25) is 5.91 Å². The van der Waals surface area contributed by atoms with Crippen LogP contribution in [0.25, 0.3) is 0 Å². The Balaban J connectivity index is 1.93. The molecule has 1 amide bonds. The summed E-state index contributed by atoms with van der Waals surface area (Å²) in [5, 5.41) is 2.91. The Hall–Kier alpha value is -1.52. The molecule has 0 aliphatic heterocycles. The van der Waals surface area contributed by atoms with Crippen molar-refractivity contribution in [3.05, 3.63) is 35.4 Å². The van der Waals surface area contributed by atoms with Gasteiger partial charge in [-0.1, -0.05) is 37.5 Å². The Bertz CT molecular complexity index is 464. The number of benzene rings is 1. The second-order valence-electron chi connectivity index (χ2n) is 5.28. The zero-order valence-corrected chi connectivity index (χ0v) is 11.2. The van der Waals surface area contributed by atoms with Gasteiger partial charge in [-0.3, -0.25) is 4.79 Å². The van der Waals surface area contributed by atoms with Crippen LogP contribution in [-0.4, -0.2) is 11.9 Å². The lowest BCUT2D eigenvalue weighted by Crippen LogP contribution is -2.37. The molecule has 0 heterocycles. The maximum absolute atomic E-state index is 12.6. The molecule has 0 bridgehead atoms. The molecule has 1 fully saturated rings. The highest BCUT2D eigenvalue weighted by Crippen LogP contribution is 2.29. The molecule has 2 rings (SSSR count). The molecular formula is C15H18F3NO. The zero-order chi connectivity index (χ0) is 14.6. The van der Waals surface area contributed by atoms with Crippen LogP contribution in [0.1, 0.15) is 43.2 Å². The average molecular weight is 285 g/mol. The van der Waals surface area contributed by atoms with Gasteiger partial charge >= 0.3 is 6.18 Å². The van der Waals surface area contributed by atoms with Gasteiger partial charge in [0, 0.05) is 6.04 Å². The van der Waals surface area contributed by atoms with E-state index in [1.807, 2.05) is 0 Å². The van der Waals surface area contributed by atoms with Crippen LogP contribution in [-0.2, 0) is 17.4 Å². The minimum atomic E-state index is -4.37. The van der Waals surface area contributed by atoms with Crippen LogP contribution in [0.3, 0.4) is 0 Å². The average Bonchev–Trinajstić information content (AvgIpc) is 2.39. The largest absolute Gasteiger partial charge is 0.416 e. The highest BCUT2D eigenvalue weighted by atomic mass is 19.4. The van der Waals surface area contributed by atoms with E-state index < -0.39 is 11.7 Å². The number of nitrogens with one attached hydrogen (secondary N) is 1. The quantitative estimate of drug-likeness (QED) is 0.901. The van der Waals surface area contributed by atoms with Crippen molar-refractivity contribution in [2.75, 3.05) is 0 Å². The molecule has 0 unspecified atom stereocenters. The molecular weight excluding hydrogens is 267 g/mol. The molecule has 5 heteroatoms. The number of alkyl halides is 3. The molecule has 0 atom stereocenters. The molecule has 1 N–H and O–H groups in total. The van der Waals surface area contributed by atoms with Crippen molar-refractivity contribution in [1.82, 2.24) is 5.32 Å². The van der Waals surface area contributed by atoms with E-state index in [0.29, 0.717) is 5.56 Å². The van der Waals surface area contributed by atoms with Crippen molar-refractivity contribution in [2.45, 2.75) is 50.7 Å². The Kier molecular flexibility index (Phi) is 4.68. The Labute approximate surface area is 116 Å². The fourth-order valence-corrected chi connectivity index (χ4v) is 2.57. The molecule has 1 saturated carbocycles. The first-order valence-corrected chi connectivity index (χ1v) is 6.90. The van der Waals surface area contributed by atoms with Gasteiger partial charge in [0.05, 0.1) is 12.0 Å². The molecule has 1 aliphatic carbocycles. The normalized spacial score (nSPS) is 16.9. The van der Waals surface area contributed by atoms with Crippen molar-refractivity contribution in [2.24, 2.45) is 0 Å². The SMILES string of the molecule is O=C(Cc1cccc(C(F)(F)F)c1)NC1CCCCC1. The van der Waals surface area contributed by atoms with Gasteiger partial charge < -0.3 is 5.32 Å². The number of hydrogen-bond donors (Lipinski definition) is 1. The van der Waals surface area contributed by atoms with E-state index in [4.69, 9.17) is 0 Å².